The number of ether oxygens (including phenoxy) is 1. The molecule has 0 N–H and O–H groups in total. The number of methoxy groups -OCH3 is 1. The molecule has 2 amide bonds. The molecule has 2 aliphatic rings. The van der Waals surface area contributed by atoms with Crippen molar-refractivity contribution in [3.63, 3.8) is 0 Å². The van der Waals surface area contributed by atoms with E-state index < -0.39 is 12.0 Å². The van der Waals surface area contributed by atoms with Crippen molar-refractivity contribution < 1.29 is 19.1 Å². The van der Waals surface area contributed by atoms with E-state index in [-0.39, 0.29) is 18.4 Å². The molecule has 1 aromatic rings. The highest BCUT2D eigenvalue weighted by Gasteiger charge is 2.42. The maximum Gasteiger partial charge on any atom is 0.325 e. The molecular formula is C15H15ClN2O4. The zero-order valence-corrected chi connectivity index (χ0v) is 12.8. The number of amides is 2. The van der Waals surface area contributed by atoms with Gasteiger partial charge in [0.1, 0.15) is 12.6 Å². The molecular weight excluding hydrogens is 308 g/mol. The SMILES string of the molecule is COC(=O)CN1C(=O)[C@@H]2CCCN2C(=O)c2ccc(Cl)cc21. The average molecular weight is 323 g/mol. The standard InChI is InChI=1S/C15H15ClN2O4/c1-22-13(19)8-18-12-7-9(16)4-5-10(12)14(20)17-6-2-3-11(17)15(18)21/h4-5,7,11H,2-3,6,8H2,1H3/t11-/m0/s1. The Morgan fingerprint density at radius 1 is 1.41 bits per heavy atom. The molecule has 0 aliphatic carbocycles. The molecule has 2 aliphatic heterocycles. The van der Waals surface area contributed by atoms with Gasteiger partial charge in [-0.15, -0.1) is 0 Å². The van der Waals surface area contributed by atoms with Crippen molar-refractivity contribution in [3.8, 4) is 0 Å². The predicted molar refractivity (Wildman–Crippen MR) is 79.9 cm³/mol. The molecule has 7 heteroatoms. The van der Waals surface area contributed by atoms with Gasteiger partial charge in [0.25, 0.3) is 5.91 Å². The summed E-state index contributed by atoms with van der Waals surface area (Å²) in [7, 11) is 1.26. The topological polar surface area (TPSA) is 66.9 Å². The van der Waals surface area contributed by atoms with E-state index in [1.54, 1.807) is 17.0 Å². The Bertz CT molecular complexity index is 661. The van der Waals surface area contributed by atoms with Gasteiger partial charge in [0.2, 0.25) is 5.91 Å². The quantitative estimate of drug-likeness (QED) is 0.773. The van der Waals surface area contributed by atoms with Crippen LogP contribution in [0.5, 0.6) is 0 Å². The highest BCUT2D eigenvalue weighted by Crippen LogP contribution is 2.34. The van der Waals surface area contributed by atoms with Gasteiger partial charge >= 0.3 is 5.97 Å². The molecule has 3 rings (SSSR count). The first-order valence-corrected chi connectivity index (χ1v) is 7.39. The molecule has 22 heavy (non-hydrogen) atoms. The van der Waals surface area contributed by atoms with Crippen LogP contribution in [0.4, 0.5) is 5.69 Å². The smallest absolute Gasteiger partial charge is 0.325 e. The lowest BCUT2D eigenvalue weighted by Gasteiger charge is -2.24. The van der Waals surface area contributed by atoms with Gasteiger partial charge in [-0.3, -0.25) is 19.3 Å². The van der Waals surface area contributed by atoms with Crippen LogP contribution < -0.4 is 4.90 Å². The number of hydrogen-bond acceptors (Lipinski definition) is 4. The van der Waals surface area contributed by atoms with Gasteiger partial charge in [0.15, 0.2) is 0 Å². The number of anilines is 1. The fraction of sp³-hybridized carbons (Fsp3) is 0.400. The number of carbonyl (C=O) groups excluding carboxylic acids is 3. The van der Waals surface area contributed by atoms with Crippen molar-refractivity contribution in [1.82, 2.24) is 4.90 Å². The minimum Gasteiger partial charge on any atom is -0.468 e. The minimum absolute atomic E-state index is 0.199. The Hall–Kier alpha value is -2.08. The first-order chi connectivity index (χ1) is 10.5. The van der Waals surface area contributed by atoms with Crippen molar-refractivity contribution in [2.45, 2.75) is 18.9 Å². The van der Waals surface area contributed by atoms with Crippen molar-refractivity contribution in [1.29, 1.82) is 0 Å². The maximum atomic E-state index is 12.8. The predicted octanol–water partition coefficient (Wildman–Crippen LogP) is 1.46. The van der Waals surface area contributed by atoms with Crippen molar-refractivity contribution in [2.24, 2.45) is 0 Å². The van der Waals surface area contributed by atoms with Gasteiger partial charge in [-0.1, -0.05) is 11.6 Å². The van der Waals surface area contributed by atoms with Crippen molar-refractivity contribution >= 4 is 35.1 Å². The third-order valence-electron chi connectivity index (χ3n) is 4.06. The fourth-order valence-electron chi connectivity index (χ4n) is 2.99. The van der Waals surface area contributed by atoms with E-state index in [4.69, 9.17) is 11.6 Å². The summed E-state index contributed by atoms with van der Waals surface area (Å²) < 4.78 is 4.66. The summed E-state index contributed by atoms with van der Waals surface area (Å²) in [6.07, 6.45) is 1.38. The third-order valence-corrected chi connectivity index (χ3v) is 4.30. The summed E-state index contributed by atoms with van der Waals surface area (Å²) in [6, 6.07) is 4.22. The number of hydrogen-bond donors (Lipinski definition) is 0. The largest absolute Gasteiger partial charge is 0.468 e. The minimum atomic E-state index is -0.543. The number of benzene rings is 1. The van der Waals surface area contributed by atoms with E-state index in [9.17, 15) is 14.4 Å². The maximum absolute atomic E-state index is 12.8. The number of halogens is 1. The first kappa shape index (κ1) is 14.8. The van der Waals surface area contributed by atoms with E-state index in [0.717, 1.165) is 6.42 Å². The summed E-state index contributed by atoms with van der Waals surface area (Å²) in [5.74, 6) is -1.01. The van der Waals surface area contributed by atoms with Crippen molar-refractivity contribution in [3.05, 3.63) is 28.8 Å². The van der Waals surface area contributed by atoms with E-state index in [2.05, 4.69) is 4.74 Å². The van der Waals surface area contributed by atoms with Crippen LogP contribution >= 0.6 is 11.6 Å². The van der Waals surface area contributed by atoms with E-state index in [0.29, 0.717) is 29.2 Å². The lowest BCUT2D eigenvalue weighted by Crippen LogP contribution is -2.46. The lowest BCUT2D eigenvalue weighted by molar-refractivity contribution is -0.140. The molecule has 2 heterocycles. The molecule has 0 saturated carbocycles. The van der Waals surface area contributed by atoms with Crippen LogP contribution in [0.3, 0.4) is 0 Å². The Balaban J connectivity index is 2.12. The van der Waals surface area contributed by atoms with E-state index >= 15 is 0 Å². The van der Waals surface area contributed by atoms with Crippen LogP contribution in [0.15, 0.2) is 18.2 Å². The van der Waals surface area contributed by atoms with Crippen molar-refractivity contribution in [2.75, 3.05) is 25.1 Å². The number of esters is 1. The van der Waals surface area contributed by atoms with E-state index in [1.165, 1.54) is 18.1 Å². The zero-order chi connectivity index (χ0) is 15.9. The Kier molecular flexibility index (Phi) is 3.78. The molecule has 0 radical (unpaired) electrons. The fourth-order valence-corrected chi connectivity index (χ4v) is 3.15. The second-order valence-electron chi connectivity index (χ2n) is 5.32. The Morgan fingerprint density at radius 2 is 2.18 bits per heavy atom. The second-order valence-corrected chi connectivity index (χ2v) is 5.75. The van der Waals surface area contributed by atoms with Gasteiger partial charge < -0.3 is 9.64 Å². The van der Waals surface area contributed by atoms with Gasteiger partial charge in [0, 0.05) is 11.6 Å². The number of nitrogens with zero attached hydrogens (tertiary/aromatic N) is 2. The van der Waals surface area contributed by atoms with Crippen LogP contribution in [0.25, 0.3) is 0 Å². The monoisotopic (exact) mass is 322 g/mol. The van der Waals surface area contributed by atoms with Crippen LogP contribution in [0, 0.1) is 0 Å². The molecule has 0 spiro atoms. The van der Waals surface area contributed by atoms with Gasteiger partial charge in [-0.2, -0.15) is 0 Å². The first-order valence-electron chi connectivity index (χ1n) is 7.01. The molecule has 6 nitrogen and oxygen atoms in total. The Labute approximate surface area is 132 Å². The molecule has 0 bridgehead atoms. The van der Waals surface area contributed by atoms with Gasteiger partial charge in [0.05, 0.1) is 18.4 Å². The second kappa shape index (κ2) is 5.61. The molecule has 1 aromatic carbocycles. The lowest BCUT2D eigenvalue weighted by atomic mass is 10.1. The summed E-state index contributed by atoms with van der Waals surface area (Å²) in [6.45, 7) is 0.309. The zero-order valence-electron chi connectivity index (χ0n) is 12.0. The van der Waals surface area contributed by atoms with E-state index in [1.807, 2.05) is 0 Å². The molecule has 116 valence electrons. The molecule has 1 saturated heterocycles. The summed E-state index contributed by atoms with van der Waals surface area (Å²) in [5.41, 5.74) is 0.744. The third kappa shape index (κ3) is 2.33. The highest BCUT2D eigenvalue weighted by molar-refractivity contribution is 6.31. The Morgan fingerprint density at radius 3 is 2.91 bits per heavy atom. The van der Waals surface area contributed by atoms with Gasteiger partial charge in [-0.25, -0.2) is 0 Å². The van der Waals surface area contributed by atoms with Crippen LogP contribution in [0.2, 0.25) is 5.02 Å². The summed E-state index contributed by atoms with van der Waals surface area (Å²) in [5, 5.41) is 0.399. The average Bonchev–Trinajstić information content (AvgIpc) is 2.97. The highest BCUT2D eigenvalue weighted by atomic mass is 35.5. The number of rotatable bonds is 2. The number of carbonyl (C=O) groups is 3. The van der Waals surface area contributed by atoms with Gasteiger partial charge in [-0.05, 0) is 31.0 Å². The van der Waals surface area contributed by atoms with Crippen LogP contribution in [-0.4, -0.2) is 48.9 Å². The molecule has 1 fully saturated rings. The molecule has 1 atom stereocenters. The summed E-state index contributed by atoms with van der Waals surface area (Å²) >= 11 is 6.00. The normalized spacial score (nSPS) is 20.5. The summed E-state index contributed by atoms with van der Waals surface area (Å²) in [4.78, 5) is 40.0. The van der Waals surface area contributed by atoms with Crippen LogP contribution in [-0.2, 0) is 14.3 Å². The van der Waals surface area contributed by atoms with Crippen LogP contribution in [0.1, 0.15) is 23.2 Å². The molecule has 0 aromatic heterocycles. The molecule has 0 unspecified atom stereocenters. The number of fused-ring (bicyclic) bond motifs is 2.